The van der Waals surface area contributed by atoms with Crippen molar-refractivity contribution in [3.63, 3.8) is 0 Å². The minimum Gasteiger partial charge on any atom is -0.389 e. The number of nitrogens with zero attached hydrogens (tertiary/aromatic N) is 1. The van der Waals surface area contributed by atoms with Crippen LogP contribution in [0.2, 0.25) is 5.02 Å². The summed E-state index contributed by atoms with van der Waals surface area (Å²) in [5.41, 5.74) is 1.08. The molecular weight excluding hydrogens is 441 g/mol. The molecule has 0 spiro atoms. The number of aliphatic hydroxyl groups is 1. The molecule has 1 atom stereocenters. The Morgan fingerprint density at radius 2 is 2.04 bits per heavy atom. The van der Waals surface area contributed by atoms with Crippen LogP contribution in [0.5, 0.6) is 0 Å². The van der Waals surface area contributed by atoms with Gasteiger partial charge in [-0.2, -0.15) is 0 Å². The number of nitrogens with one attached hydrogen (secondary N) is 2. The molecule has 7 heteroatoms. The van der Waals surface area contributed by atoms with Gasteiger partial charge in [-0.3, -0.25) is 0 Å². The maximum Gasteiger partial charge on any atom is 0.191 e. The first kappa shape index (κ1) is 21.5. The first-order valence-corrected chi connectivity index (χ1v) is 8.57. The third-order valence-electron chi connectivity index (χ3n) is 3.54. The summed E-state index contributed by atoms with van der Waals surface area (Å²) in [5, 5.41) is 17.0. The molecule has 136 valence electrons. The van der Waals surface area contributed by atoms with E-state index in [9.17, 15) is 5.11 Å². The molecule has 3 N–H and O–H groups in total. The second-order valence-electron chi connectivity index (χ2n) is 5.84. The van der Waals surface area contributed by atoms with Crippen LogP contribution in [0, 0.1) is 5.92 Å². The van der Waals surface area contributed by atoms with Gasteiger partial charge in [-0.15, -0.1) is 24.0 Å². The van der Waals surface area contributed by atoms with Gasteiger partial charge in [0.25, 0.3) is 0 Å². The van der Waals surface area contributed by atoms with Crippen molar-refractivity contribution in [1.29, 1.82) is 0 Å². The Bertz CT molecular complexity index is 495. The zero-order chi connectivity index (χ0) is 16.5. The molecule has 0 aliphatic heterocycles. The van der Waals surface area contributed by atoms with Crippen molar-refractivity contribution < 1.29 is 9.84 Å². The van der Waals surface area contributed by atoms with E-state index in [1.54, 1.807) is 0 Å². The van der Waals surface area contributed by atoms with E-state index in [0.29, 0.717) is 31.6 Å². The summed E-state index contributed by atoms with van der Waals surface area (Å²) in [5.74, 6) is 1.40. The minimum absolute atomic E-state index is 0. The maximum absolute atomic E-state index is 9.93. The average Bonchev–Trinajstić information content (AvgIpc) is 3.36. The fourth-order valence-electron chi connectivity index (χ4n) is 2.03. The molecule has 1 saturated carbocycles. The zero-order valence-corrected chi connectivity index (χ0v) is 17.1. The fraction of sp³-hybridized carbons (Fsp3) is 0.588. The number of ether oxygens (including phenoxy) is 1. The zero-order valence-electron chi connectivity index (χ0n) is 14.0. The topological polar surface area (TPSA) is 65.9 Å². The molecule has 24 heavy (non-hydrogen) atoms. The Morgan fingerprint density at radius 3 is 2.67 bits per heavy atom. The van der Waals surface area contributed by atoms with Gasteiger partial charge >= 0.3 is 0 Å². The van der Waals surface area contributed by atoms with Gasteiger partial charge in [0.15, 0.2) is 5.96 Å². The van der Waals surface area contributed by atoms with E-state index in [0.717, 1.165) is 23.7 Å². The molecule has 1 aliphatic carbocycles. The molecule has 1 aromatic carbocycles. The Balaban J connectivity index is 0.00000288. The van der Waals surface area contributed by atoms with Crippen molar-refractivity contribution in [1.82, 2.24) is 10.6 Å². The van der Waals surface area contributed by atoms with E-state index in [1.165, 1.54) is 12.8 Å². The highest BCUT2D eigenvalue weighted by molar-refractivity contribution is 14.0. The van der Waals surface area contributed by atoms with Crippen LogP contribution < -0.4 is 10.6 Å². The van der Waals surface area contributed by atoms with Crippen LogP contribution >= 0.6 is 35.6 Å². The molecule has 0 amide bonds. The second kappa shape index (κ2) is 11.9. The Morgan fingerprint density at radius 1 is 1.33 bits per heavy atom. The first-order chi connectivity index (χ1) is 11.2. The van der Waals surface area contributed by atoms with Gasteiger partial charge in [0.1, 0.15) is 0 Å². The molecule has 0 heterocycles. The lowest BCUT2D eigenvalue weighted by molar-refractivity contribution is 0.0345. The Hall–Kier alpha value is -0.570. The van der Waals surface area contributed by atoms with Crippen molar-refractivity contribution in [2.75, 3.05) is 26.3 Å². The van der Waals surface area contributed by atoms with Gasteiger partial charge in [0.05, 0.1) is 19.3 Å². The summed E-state index contributed by atoms with van der Waals surface area (Å²) in [6, 6.07) is 7.62. The van der Waals surface area contributed by atoms with Crippen LogP contribution in [0.1, 0.15) is 25.3 Å². The first-order valence-electron chi connectivity index (χ1n) is 8.19. The van der Waals surface area contributed by atoms with Crippen molar-refractivity contribution in [3.05, 3.63) is 34.9 Å². The smallest absolute Gasteiger partial charge is 0.191 e. The van der Waals surface area contributed by atoms with Crippen molar-refractivity contribution >= 4 is 41.5 Å². The lowest BCUT2D eigenvalue weighted by Crippen LogP contribution is -2.42. The second-order valence-corrected chi connectivity index (χ2v) is 6.27. The van der Waals surface area contributed by atoms with Crippen LogP contribution in [-0.4, -0.2) is 43.5 Å². The van der Waals surface area contributed by atoms with Gasteiger partial charge in [-0.05, 0) is 43.4 Å². The minimum atomic E-state index is -0.534. The van der Waals surface area contributed by atoms with Gasteiger partial charge in [-0.1, -0.05) is 23.7 Å². The molecule has 1 unspecified atom stereocenters. The number of hydrogen-bond acceptors (Lipinski definition) is 3. The lowest BCUT2D eigenvalue weighted by Gasteiger charge is -2.15. The SMILES string of the molecule is CCNC(=NCc1ccc(Cl)cc1)NCC(O)COCC1CC1.I. The quantitative estimate of drug-likeness (QED) is 0.297. The van der Waals surface area contributed by atoms with Crippen LogP contribution in [0.4, 0.5) is 0 Å². The molecule has 0 radical (unpaired) electrons. The highest BCUT2D eigenvalue weighted by Gasteiger charge is 2.21. The molecule has 1 fully saturated rings. The lowest BCUT2D eigenvalue weighted by atomic mass is 10.2. The Labute approximate surface area is 166 Å². The highest BCUT2D eigenvalue weighted by Crippen LogP contribution is 2.28. The third-order valence-corrected chi connectivity index (χ3v) is 3.80. The molecule has 0 aromatic heterocycles. The largest absolute Gasteiger partial charge is 0.389 e. The molecule has 2 rings (SSSR count). The van der Waals surface area contributed by atoms with Gasteiger partial charge in [-0.25, -0.2) is 4.99 Å². The Kier molecular flexibility index (Phi) is 10.6. The predicted molar refractivity (Wildman–Crippen MR) is 109 cm³/mol. The van der Waals surface area contributed by atoms with E-state index >= 15 is 0 Å². The third kappa shape index (κ3) is 9.05. The van der Waals surface area contributed by atoms with Crippen LogP contribution in [0.3, 0.4) is 0 Å². The monoisotopic (exact) mass is 467 g/mol. The van der Waals surface area contributed by atoms with E-state index in [4.69, 9.17) is 16.3 Å². The fourth-order valence-corrected chi connectivity index (χ4v) is 2.16. The number of rotatable bonds is 9. The normalized spacial score (nSPS) is 15.5. The molecule has 5 nitrogen and oxygen atoms in total. The standard InChI is InChI=1S/C17H26ClN3O2.HI/c1-2-19-17(20-9-13-5-7-15(18)8-6-13)21-10-16(22)12-23-11-14-3-4-14;/h5-8,14,16,22H,2-4,9-12H2,1H3,(H2,19,20,21);1H. The summed E-state index contributed by atoms with van der Waals surface area (Å²) < 4.78 is 5.49. The highest BCUT2D eigenvalue weighted by atomic mass is 127. The predicted octanol–water partition coefficient (Wildman–Crippen LogP) is 2.80. The average molecular weight is 468 g/mol. The van der Waals surface area contributed by atoms with Crippen LogP contribution in [0.25, 0.3) is 0 Å². The summed E-state index contributed by atoms with van der Waals surface area (Å²) in [6.45, 7) is 4.87. The summed E-state index contributed by atoms with van der Waals surface area (Å²) in [6.07, 6.45) is 1.99. The molecule has 1 aliphatic rings. The van der Waals surface area contributed by atoms with Crippen LogP contribution in [0.15, 0.2) is 29.3 Å². The number of hydrogen-bond donors (Lipinski definition) is 3. The summed E-state index contributed by atoms with van der Waals surface area (Å²) >= 11 is 5.87. The molecular formula is C17H27ClIN3O2. The van der Waals surface area contributed by atoms with Crippen molar-refractivity contribution in [3.8, 4) is 0 Å². The van der Waals surface area contributed by atoms with Gasteiger partial charge < -0.3 is 20.5 Å². The summed E-state index contributed by atoms with van der Waals surface area (Å²) in [7, 11) is 0. The molecule has 0 bridgehead atoms. The van der Waals surface area contributed by atoms with E-state index in [-0.39, 0.29) is 24.0 Å². The van der Waals surface area contributed by atoms with E-state index < -0.39 is 6.10 Å². The van der Waals surface area contributed by atoms with Gasteiger partial charge in [0.2, 0.25) is 0 Å². The molecule has 0 saturated heterocycles. The number of halogens is 2. The number of benzene rings is 1. The van der Waals surface area contributed by atoms with Crippen molar-refractivity contribution in [2.24, 2.45) is 10.9 Å². The maximum atomic E-state index is 9.93. The van der Waals surface area contributed by atoms with Crippen LogP contribution in [-0.2, 0) is 11.3 Å². The van der Waals surface area contributed by atoms with Crippen molar-refractivity contribution in [2.45, 2.75) is 32.4 Å². The summed E-state index contributed by atoms with van der Waals surface area (Å²) in [4.78, 5) is 4.50. The number of aliphatic imine (C=N–C) groups is 1. The van der Waals surface area contributed by atoms with E-state index in [2.05, 4.69) is 15.6 Å². The van der Waals surface area contributed by atoms with Gasteiger partial charge in [0, 0.05) is 24.7 Å². The number of aliphatic hydroxyl groups excluding tert-OH is 1. The number of guanidine groups is 1. The van der Waals surface area contributed by atoms with E-state index in [1.807, 2.05) is 31.2 Å². The molecule has 1 aromatic rings.